The number of methoxy groups -OCH3 is 1. The maximum atomic E-state index is 13.9. The summed E-state index contributed by atoms with van der Waals surface area (Å²) in [6, 6.07) is 7.74. The van der Waals surface area contributed by atoms with Crippen LogP contribution in [0.5, 0.6) is 0 Å². The first-order valence-corrected chi connectivity index (χ1v) is 7.29. The highest BCUT2D eigenvalue weighted by atomic mass is 79.9. The molecule has 112 valence electrons. The van der Waals surface area contributed by atoms with E-state index in [0.717, 1.165) is 5.56 Å². The molecule has 1 heterocycles. The second-order valence-corrected chi connectivity index (χ2v) is 5.71. The van der Waals surface area contributed by atoms with Gasteiger partial charge in [-0.2, -0.15) is 0 Å². The van der Waals surface area contributed by atoms with Crippen molar-refractivity contribution in [3.8, 4) is 11.1 Å². The summed E-state index contributed by atoms with van der Waals surface area (Å²) in [5, 5.41) is 2.75. The molecule has 0 spiro atoms. The fourth-order valence-corrected chi connectivity index (χ4v) is 2.82. The molecule has 3 rings (SSSR count). The largest absolute Gasteiger partial charge is 0.465 e. The van der Waals surface area contributed by atoms with E-state index in [9.17, 15) is 14.0 Å². The van der Waals surface area contributed by atoms with Crippen LogP contribution in [0.1, 0.15) is 26.3 Å². The van der Waals surface area contributed by atoms with Gasteiger partial charge in [0.1, 0.15) is 5.82 Å². The number of ether oxygens (including phenoxy) is 1. The molecule has 0 bridgehead atoms. The minimum absolute atomic E-state index is 0.232. The molecule has 0 aliphatic carbocycles. The van der Waals surface area contributed by atoms with Gasteiger partial charge >= 0.3 is 5.97 Å². The van der Waals surface area contributed by atoms with Crippen LogP contribution in [0.3, 0.4) is 0 Å². The zero-order valence-electron chi connectivity index (χ0n) is 11.6. The van der Waals surface area contributed by atoms with Crippen molar-refractivity contribution in [2.24, 2.45) is 0 Å². The molecule has 4 nitrogen and oxygen atoms in total. The van der Waals surface area contributed by atoms with E-state index in [2.05, 4.69) is 21.2 Å². The van der Waals surface area contributed by atoms with Crippen LogP contribution >= 0.6 is 15.9 Å². The van der Waals surface area contributed by atoms with Crippen LogP contribution in [0.15, 0.2) is 34.8 Å². The summed E-state index contributed by atoms with van der Waals surface area (Å²) >= 11 is 3.09. The summed E-state index contributed by atoms with van der Waals surface area (Å²) < 4.78 is 18.8. The molecule has 1 aliphatic rings. The molecule has 0 saturated heterocycles. The quantitative estimate of drug-likeness (QED) is 0.791. The summed E-state index contributed by atoms with van der Waals surface area (Å²) in [6.07, 6.45) is 0. The molecule has 22 heavy (non-hydrogen) atoms. The van der Waals surface area contributed by atoms with Gasteiger partial charge in [0.2, 0.25) is 0 Å². The Kier molecular flexibility index (Phi) is 3.70. The van der Waals surface area contributed by atoms with Crippen molar-refractivity contribution in [2.75, 3.05) is 7.11 Å². The summed E-state index contributed by atoms with van der Waals surface area (Å²) in [4.78, 5) is 23.8. The van der Waals surface area contributed by atoms with E-state index in [4.69, 9.17) is 4.74 Å². The summed E-state index contributed by atoms with van der Waals surface area (Å²) in [7, 11) is 1.30. The topological polar surface area (TPSA) is 55.4 Å². The summed E-state index contributed by atoms with van der Waals surface area (Å²) in [5.41, 5.74) is 2.72. The van der Waals surface area contributed by atoms with Crippen LogP contribution in [-0.4, -0.2) is 19.0 Å². The van der Waals surface area contributed by atoms with Crippen LogP contribution in [0.25, 0.3) is 11.1 Å². The number of esters is 1. The lowest BCUT2D eigenvalue weighted by molar-refractivity contribution is 0.0600. The van der Waals surface area contributed by atoms with Crippen molar-refractivity contribution in [1.82, 2.24) is 5.32 Å². The molecule has 0 aromatic heterocycles. The monoisotopic (exact) mass is 363 g/mol. The van der Waals surface area contributed by atoms with E-state index < -0.39 is 11.8 Å². The van der Waals surface area contributed by atoms with Gasteiger partial charge in [0.05, 0.1) is 17.1 Å². The van der Waals surface area contributed by atoms with E-state index >= 15 is 0 Å². The number of amides is 1. The summed E-state index contributed by atoms with van der Waals surface area (Å²) in [5.74, 6) is -1.19. The Morgan fingerprint density at radius 2 is 2.00 bits per heavy atom. The summed E-state index contributed by atoms with van der Waals surface area (Å²) in [6.45, 7) is 0.257. The molecular formula is C16H11BrFNO3. The van der Waals surface area contributed by atoms with Crippen LogP contribution in [0.2, 0.25) is 0 Å². The average Bonchev–Trinajstić information content (AvgIpc) is 2.65. The van der Waals surface area contributed by atoms with Gasteiger partial charge in [0, 0.05) is 12.1 Å². The number of fused-ring (bicyclic) bond motifs is 3. The van der Waals surface area contributed by atoms with E-state index in [1.165, 1.54) is 19.2 Å². The number of benzene rings is 2. The minimum atomic E-state index is -0.458. The van der Waals surface area contributed by atoms with Crippen LogP contribution in [-0.2, 0) is 11.3 Å². The molecule has 1 N–H and O–H groups in total. The maximum Gasteiger partial charge on any atom is 0.337 e. The normalized spacial score (nSPS) is 12.8. The van der Waals surface area contributed by atoms with Crippen molar-refractivity contribution in [1.29, 1.82) is 0 Å². The fourth-order valence-electron chi connectivity index (χ4n) is 2.48. The first kappa shape index (κ1) is 14.7. The Morgan fingerprint density at radius 1 is 1.23 bits per heavy atom. The van der Waals surface area contributed by atoms with E-state index in [-0.39, 0.29) is 16.9 Å². The minimum Gasteiger partial charge on any atom is -0.465 e. The molecule has 1 amide bonds. The predicted octanol–water partition coefficient (Wildman–Crippen LogP) is 3.29. The molecule has 0 atom stereocenters. The van der Waals surface area contributed by atoms with Gasteiger partial charge < -0.3 is 10.1 Å². The Labute approximate surface area is 134 Å². The Balaban J connectivity index is 2.22. The number of hydrogen-bond donors (Lipinski definition) is 1. The van der Waals surface area contributed by atoms with Crippen LogP contribution < -0.4 is 5.32 Å². The number of halogens is 2. The third-order valence-corrected chi connectivity index (χ3v) is 4.17. The first-order chi connectivity index (χ1) is 10.5. The van der Waals surface area contributed by atoms with Gasteiger partial charge in [0.25, 0.3) is 5.91 Å². The van der Waals surface area contributed by atoms with Crippen molar-refractivity contribution in [2.45, 2.75) is 6.54 Å². The highest BCUT2D eigenvalue weighted by Crippen LogP contribution is 2.33. The zero-order valence-corrected chi connectivity index (χ0v) is 13.2. The van der Waals surface area contributed by atoms with Gasteiger partial charge in [-0.3, -0.25) is 4.79 Å². The van der Waals surface area contributed by atoms with Gasteiger partial charge in [-0.15, -0.1) is 0 Å². The number of rotatable bonds is 1. The number of hydrogen-bond acceptors (Lipinski definition) is 3. The molecule has 0 unspecified atom stereocenters. The number of carbonyl (C=O) groups excluding carboxylic acids is 2. The Hall–Kier alpha value is -2.21. The van der Waals surface area contributed by atoms with Crippen molar-refractivity contribution < 1.29 is 18.7 Å². The van der Waals surface area contributed by atoms with Crippen molar-refractivity contribution >= 4 is 27.8 Å². The zero-order chi connectivity index (χ0) is 15.9. The predicted molar refractivity (Wildman–Crippen MR) is 82.0 cm³/mol. The lowest BCUT2D eigenvalue weighted by atomic mass is 9.95. The standard InChI is InChI=1S/C16H11BrFNO3/c1-22-16(21)8-2-3-10-9(4-8)7-19-15(20)12-5-13(17)14(18)6-11(10)12/h2-6H,7H2,1H3,(H,19,20). The molecular weight excluding hydrogens is 353 g/mol. The number of carbonyl (C=O) groups is 2. The average molecular weight is 364 g/mol. The van der Waals surface area contributed by atoms with Crippen LogP contribution in [0.4, 0.5) is 4.39 Å². The highest BCUT2D eigenvalue weighted by Gasteiger charge is 2.22. The Bertz CT molecular complexity index is 804. The Morgan fingerprint density at radius 3 is 2.73 bits per heavy atom. The van der Waals surface area contributed by atoms with Crippen LogP contribution in [0, 0.1) is 5.82 Å². The fraction of sp³-hybridized carbons (Fsp3) is 0.125. The van der Waals surface area contributed by atoms with E-state index in [1.54, 1.807) is 18.2 Å². The second kappa shape index (κ2) is 5.53. The lowest BCUT2D eigenvalue weighted by Gasteiger charge is -2.10. The number of nitrogens with one attached hydrogen (secondary N) is 1. The van der Waals surface area contributed by atoms with Crippen molar-refractivity contribution in [3.05, 3.63) is 57.3 Å². The van der Waals surface area contributed by atoms with Gasteiger partial charge in [-0.25, -0.2) is 9.18 Å². The van der Waals surface area contributed by atoms with E-state index in [0.29, 0.717) is 22.3 Å². The molecule has 0 radical (unpaired) electrons. The van der Waals surface area contributed by atoms with Gasteiger partial charge in [0.15, 0.2) is 0 Å². The SMILES string of the molecule is COC(=O)c1ccc2c(c1)CNC(=O)c1cc(Br)c(F)cc1-2. The van der Waals surface area contributed by atoms with E-state index in [1.807, 2.05) is 0 Å². The van der Waals surface area contributed by atoms with Crippen molar-refractivity contribution in [3.63, 3.8) is 0 Å². The first-order valence-electron chi connectivity index (χ1n) is 6.50. The molecule has 2 aromatic carbocycles. The molecule has 1 aliphatic heterocycles. The molecule has 0 saturated carbocycles. The lowest BCUT2D eigenvalue weighted by Crippen LogP contribution is -2.21. The third kappa shape index (κ3) is 2.39. The third-order valence-electron chi connectivity index (χ3n) is 3.56. The highest BCUT2D eigenvalue weighted by molar-refractivity contribution is 9.10. The van der Waals surface area contributed by atoms with Gasteiger partial charge in [-0.1, -0.05) is 6.07 Å². The molecule has 6 heteroatoms. The maximum absolute atomic E-state index is 13.9. The smallest absolute Gasteiger partial charge is 0.337 e. The molecule has 2 aromatic rings. The second-order valence-electron chi connectivity index (χ2n) is 4.86. The van der Waals surface area contributed by atoms with Gasteiger partial charge in [-0.05, 0) is 56.9 Å². The molecule has 0 fully saturated rings.